The number of benzene rings is 2. The number of aliphatic hydroxyl groups excluding tert-OH is 2. The van der Waals surface area contributed by atoms with E-state index in [1.54, 1.807) is 18.9 Å². The lowest BCUT2D eigenvalue weighted by atomic mass is 9.91. The van der Waals surface area contributed by atoms with Crippen LogP contribution in [0.25, 0.3) is 0 Å². The van der Waals surface area contributed by atoms with Crippen molar-refractivity contribution in [2.75, 3.05) is 25.1 Å². The summed E-state index contributed by atoms with van der Waals surface area (Å²) in [4.78, 5) is 16.2. The Hall–Kier alpha value is -2.06. The van der Waals surface area contributed by atoms with Gasteiger partial charge in [0.15, 0.2) is 0 Å². The van der Waals surface area contributed by atoms with Crippen molar-refractivity contribution in [3.05, 3.63) is 54.1 Å². The van der Waals surface area contributed by atoms with Gasteiger partial charge in [-0.15, -0.1) is 11.8 Å². The van der Waals surface area contributed by atoms with Crippen LogP contribution >= 0.6 is 11.8 Å². The highest BCUT2D eigenvalue weighted by Crippen LogP contribution is 2.47. The quantitative estimate of drug-likeness (QED) is 0.679. The van der Waals surface area contributed by atoms with E-state index >= 15 is 0 Å². The summed E-state index contributed by atoms with van der Waals surface area (Å²) in [7, 11) is 1.61. The maximum atomic E-state index is 13.6. The molecule has 160 valence electrons. The Bertz CT molecular complexity index is 883. The summed E-state index contributed by atoms with van der Waals surface area (Å²) in [5.74, 6) is 0.478. The Labute approximate surface area is 181 Å². The standard InChI is InChI=1S/C23H28N2O4S/c1-14(26)20(16-11-12-24-13-16)25-18-5-3-4-6-19(18)30-22(21(27)23(25)28)15-7-9-17(29-2)10-8-15/h3-10,14,16,20-22,24,26-27H,11-13H2,1-2H3/t14?,16?,20?,21-,22+/m0/s1. The number of thioether (sulfide) groups is 1. The summed E-state index contributed by atoms with van der Waals surface area (Å²) in [5, 5.41) is 24.7. The van der Waals surface area contributed by atoms with Crippen LogP contribution in [0.15, 0.2) is 53.4 Å². The fourth-order valence-corrected chi connectivity index (χ4v) is 5.74. The Morgan fingerprint density at radius 3 is 2.57 bits per heavy atom. The van der Waals surface area contributed by atoms with Crippen molar-refractivity contribution in [2.45, 2.75) is 41.7 Å². The number of hydrogen-bond acceptors (Lipinski definition) is 6. The average Bonchev–Trinajstić information content (AvgIpc) is 3.26. The Morgan fingerprint density at radius 1 is 1.20 bits per heavy atom. The lowest BCUT2D eigenvalue weighted by Crippen LogP contribution is -2.54. The molecule has 7 heteroatoms. The van der Waals surface area contributed by atoms with Crippen molar-refractivity contribution >= 4 is 23.4 Å². The molecule has 0 spiro atoms. The van der Waals surface area contributed by atoms with Gasteiger partial charge in [-0.3, -0.25) is 4.79 Å². The van der Waals surface area contributed by atoms with Gasteiger partial charge in [0.25, 0.3) is 5.91 Å². The van der Waals surface area contributed by atoms with Crippen molar-refractivity contribution < 1.29 is 19.7 Å². The number of nitrogens with one attached hydrogen (secondary N) is 1. The molecule has 0 aliphatic carbocycles. The minimum atomic E-state index is -1.23. The third kappa shape index (κ3) is 3.95. The van der Waals surface area contributed by atoms with Crippen LogP contribution in [-0.4, -0.2) is 54.6 Å². The molecule has 6 nitrogen and oxygen atoms in total. The molecule has 0 bridgehead atoms. The minimum Gasteiger partial charge on any atom is -0.497 e. The summed E-state index contributed by atoms with van der Waals surface area (Å²) >= 11 is 1.48. The van der Waals surface area contributed by atoms with Crippen LogP contribution in [0.4, 0.5) is 5.69 Å². The predicted molar refractivity (Wildman–Crippen MR) is 118 cm³/mol. The Balaban J connectivity index is 1.77. The molecule has 2 aromatic rings. The molecule has 4 rings (SSSR count). The number of methoxy groups -OCH3 is 1. The third-order valence-electron chi connectivity index (χ3n) is 5.97. The number of nitrogens with zero attached hydrogens (tertiary/aromatic N) is 1. The minimum absolute atomic E-state index is 0.122. The highest BCUT2D eigenvalue weighted by atomic mass is 32.2. The van der Waals surface area contributed by atoms with E-state index in [-0.39, 0.29) is 11.8 Å². The normalized spacial score (nSPS) is 26.1. The van der Waals surface area contributed by atoms with Gasteiger partial charge in [0.2, 0.25) is 0 Å². The van der Waals surface area contributed by atoms with Crippen LogP contribution in [-0.2, 0) is 4.79 Å². The van der Waals surface area contributed by atoms with Gasteiger partial charge < -0.3 is 25.2 Å². The summed E-state index contributed by atoms with van der Waals surface area (Å²) in [6.45, 7) is 3.33. The molecular formula is C23H28N2O4S. The molecule has 3 unspecified atom stereocenters. The lowest BCUT2D eigenvalue weighted by molar-refractivity contribution is -0.128. The predicted octanol–water partition coefficient (Wildman–Crippen LogP) is 2.59. The van der Waals surface area contributed by atoms with Crippen LogP contribution in [0.5, 0.6) is 5.75 Å². The second-order valence-electron chi connectivity index (χ2n) is 7.92. The van der Waals surface area contributed by atoms with E-state index < -0.39 is 23.5 Å². The zero-order valence-corrected chi connectivity index (χ0v) is 18.0. The van der Waals surface area contributed by atoms with Crippen LogP contribution in [0.3, 0.4) is 0 Å². The number of anilines is 1. The van der Waals surface area contributed by atoms with Gasteiger partial charge in [0.05, 0.1) is 30.2 Å². The summed E-state index contributed by atoms with van der Waals surface area (Å²) in [6.07, 6.45) is -1.07. The molecule has 2 aliphatic heterocycles. The molecule has 1 saturated heterocycles. The number of para-hydroxylation sites is 1. The topological polar surface area (TPSA) is 82.0 Å². The molecule has 0 saturated carbocycles. The van der Waals surface area contributed by atoms with Gasteiger partial charge in [-0.05, 0) is 55.6 Å². The number of aliphatic hydroxyl groups is 2. The molecule has 3 N–H and O–H groups in total. The first kappa shape index (κ1) is 21.2. The van der Waals surface area contributed by atoms with Crippen molar-refractivity contribution in [1.29, 1.82) is 0 Å². The molecule has 2 aromatic carbocycles. The van der Waals surface area contributed by atoms with Crippen molar-refractivity contribution in [2.24, 2.45) is 5.92 Å². The molecule has 1 amide bonds. The molecular weight excluding hydrogens is 400 g/mol. The molecule has 1 fully saturated rings. The number of hydrogen-bond donors (Lipinski definition) is 3. The first-order valence-corrected chi connectivity index (χ1v) is 11.2. The fraction of sp³-hybridized carbons (Fsp3) is 0.435. The number of carbonyl (C=O) groups is 1. The molecule has 2 aliphatic rings. The van der Waals surface area contributed by atoms with E-state index in [4.69, 9.17) is 4.74 Å². The molecule has 0 aromatic heterocycles. The highest BCUT2D eigenvalue weighted by Gasteiger charge is 2.44. The van der Waals surface area contributed by atoms with E-state index in [0.29, 0.717) is 0 Å². The monoisotopic (exact) mass is 428 g/mol. The van der Waals surface area contributed by atoms with Gasteiger partial charge in [0.1, 0.15) is 11.9 Å². The molecule has 2 heterocycles. The number of carbonyl (C=O) groups excluding carboxylic acids is 1. The maximum absolute atomic E-state index is 13.6. The van der Waals surface area contributed by atoms with Crippen LogP contribution in [0.1, 0.15) is 24.2 Å². The number of ether oxygens (including phenoxy) is 1. The van der Waals surface area contributed by atoms with E-state index in [1.165, 1.54) is 11.8 Å². The highest BCUT2D eigenvalue weighted by molar-refractivity contribution is 7.99. The lowest BCUT2D eigenvalue weighted by Gasteiger charge is -2.38. The van der Waals surface area contributed by atoms with Gasteiger partial charge in [-0.1, -0.05) is 24.3 Å². The van der Waals surface area contributed by atoms with Crippen molar-refractivity contribution in [3.63, 3.8) is 0 Å². The first-order chi connectivity index (χ1) is 14.5. The zero-order chi connectivity index (χ0) is 21.3. The summed E-state index contributed by atoms with van der Waals surface area (Å²) in [5.41, 5.74) is 1.61. The fourth-order valence-electron chi connectivity index (χ4n) is 4.49. The largest absolute Gasteiger partial charge is 0.497 e. The summed E-state index contributed by atoms with van der Waals surface area (Å²) < 4.78 is 5.24. The van der Waals surface area contributed by atoms with E-state index in [1.807, 2.05) is 48.5 Å². The van der Waals surface area contributed by atoms with Crippen LogP contribution in [0.2, 0.25) is 0 Å². The van der Waals surface area contributed by atoms with Gasteiger partial charge >= 0.3 is 0 Å². The van der Waals surface area contributed by atoms with E-state index in [0.717, 1.165) is 41.4 Å². The number of amides is 1. The van der Waals surface area contributed by atoms with Crippen molar-refractivity contribution in [3.8, 4) is 5.75 Å². The summed E-state index contributed by atoms with van der Waals surface area (Å²) in [6, 6.07) is 14.8. The second-order valence-corrected chi connectivity index (χ2v) is 9.10. The van der Waals surface area contributed by atoms with E-state index in [2.05, 4.69) is 5.32 Å². The second kappa shape index (κ2) is 8.98. The Morgan fingerprint density at radius 2 is 1.93 bits per heavy atom. The van der Waals surface area contributed by atoms with Crippen LogP contribution in [0, 0.1) is 5.92 Å². The number of rotatable bonds is 5. The van der Waals surface area contributed by atoms with Gasteiger partial charge in [0, 0.05) is 11.4 Å². The van der Waals surface area contributed by atoms with Gasteiger partial charge in [-0.25, -0.2) is 0 Å². The molecule has 30 heavy (non-hydrogen) atoms. The smallest absolute Gasteiger partial charge is 0.257 e. The molecule has 5 atom stereocenters. The SMILES string of the molecule is COc1ccc([C@H]2Sc3ccccc3N(C(C(C)O)C3CCNC3)C(=O)[C@H]2O)cc1. The Kier molecular flexibility index (Phi) is 6.34. The van der Waals surface area contributed by atoms with Crippen LogP contribution < -0.4 is 15.0 Å². The zero-order valence-electron chi connectivity index (χ0n) is 17.2. The van der Waals surface area contributed by atoms with E-state index in [9.17, 15) is 15.0 Å². The average molecular weight is 429 g/mol. The van der Waals surface area contributed by atoms with Gasteiger partial charge in [-0.2, -0.15) is 0 Å². The maximum Gasteiger partial charge on any atom is 0.257 e. The molecule has 0 radical (unpaired) electrons. The third-order valence-corrected chi connectivity index (χ3v) is 7.36. The van der Waals surface area contributed by atoms with Crippen molar-refractivity contribution in [1.82, 2.24) is 5.32 Å². The number of fused-ring (bicyclic) bond motifs is 1. The first-order valence-electron chi connectivity index (χ1n) is 10.3.